The number of benzene rings is 3. The zero-order valence-electron chi connectivity index (χ0n) is 27.5. The maximum Gasteiger partial charge on any atom is 0.411 e. The molecule has 11 nitrogen and oxygen atoms in total. The molecule has 3 aromatic carbocycles. The number of para-hydroxylation sites is 1. The number of nitrogens with one attached hydrogen (secondary N) is 2. The van der Waals surface area contributed by atoms with Crippen LogP contribution in [-0.4, -0.2) is 68.0 Å². The van der Waals surface area contributed by atoms with Gasteiger partial charge in [0.05, 0.1) is 30.5 Å². The van der Waals surface area contributed by atoms with E-state index in [0.717, 1.165) is 17.4 Å². The first-order valence-electron chi connectivity index (χ1n) is 16.1. The molecule has 1 saturated carbocycles. The Balaban J connectivity index is 1.18. The Morgan fingerprint density at radius 1 is 1.10 bits per heavy atom. The molecule has 1 atom stereocenters. The van der Waals surface area contributed by atoms with Crippen LogP contribution in [0, 0.1) is 11.7 Å². The van der Waals surface area contributed by atoms with Crippen molar-refractivity contribution in [3.05, 3.63) is 94.9 Å². The van der Waals surface area contributed by atoms with Gasteiger partial charge in [0.1, 0.15) is 23.7 Å². The van der Waals surface area contributed by atoms with Gasteiger partial charge in [0.2, 0.25) is 0 Å². The number of fused-ring (bicyclic) bond motifs is 1. The molecule has 4 aromatic rings. The van der Waals surface area contributed by atoms with Crippen molar-refractivity contribution in [2.45, 2.75) is 50.7 Å². The summed E-state index contributed by atoms with van der Waals surface area (Å²) >= 11 is 0. The molecule has 49 heavy (non-hydrogen) atoms. The highest BCUT2D eigenvalue weighted by Gasteiger charge is 2.55. The van der Waals surface area contributed by atoms with E-state index < -0.39 is 51.2 Å². The first-order valence-corrected chi connectivity index (χ1v) is 18.1. The van der Waals surface area contributed by atoms with E-state index in [0.29, 0.717) is 48.0 Å². The van der Waals surface area contributed by atoms with E-state index in [1.807, 2.05) is 43.3 Å². The lowest BCUT2D eigenvalue weighted by Gasteiger charge is -2.42. The third kappa shape index (κ3) is 7.26. The number of carbonyl (C=O) groups is 3. The Labute approximate surface area is 283 Å². The van der Waals surface area contributed by atoms with Crippen LogP contribution in [0.2, 0.25) is 0 Å². The second-order valence-corrected chi connectivity index (χ2v) is 15.0. The number of alkyl carbamates (subject to hydrolysis) is 1. The Morgan fingerprint density at radius 2 is 1.86 bits per heavy atom. The van der Waals surface area contributed by atoms with Gasteiger partial charge in [-0.2, -0.15) is 0 Å². The highest BCUT2D eigenvalue weighted by molar-refractivity contribution is 7.89. The van der Waals surface area contributed by atoms with Crippen LogP contribution in [0.15, 0.2) is 66.7 Å². The Bertz CT molecular complexity index is 2010. The molecular weight excluding hydrogens is 653 g/mol. The molecule has 2 heterocycles. The molecular formula is C36H38FN3O8S. The molecule has 258 valence electrons. The fourth-order valence-electron chi connectivity index (χ4n) is 6.81. The van der Waals surface area contributed by atoms with Gasteiger partial charge in [0.15, 0.2) is 9.84 Å². The lowest BCUT2D eigenvalue weighted by molar-refractivity contribution is -0.0462. The molecule has 1 saturated heterocycles. The number of aromatic amines is 1. The topological polar surface area (TPSA) is 144 Å². The van der Waals surface area contributed by atoms with E-state index in [-0.39, 0.29) is 30.4 Å². The van der Waals surface area contributed by atoms with Gasteiger partial charge in [-0.15, -0.1) is 0 Å². The molecule has 0 bridgehead atoms. The average Bonchev–Trinajstić information content (AvgIpc) is 3.61. The molecule has 1 aliphatic carbocycles. The smallest absolute Gasteiger partial charge is 0.411 e. The van der Waals surface area contributed by atoms with Gasteiger partial charge in [-0.05, 0) is 55.4 Å². The molecule has 0 unspecified atom stereocenters. The number of hydrogen-bond donors (Lipinski definition) is 2. The van der Waals surface area contributed by atoms with Crippen LogP contribution in [0.3, 0.4) is 0 Å². The Morgan fingerprint density at radius 3 is 2.55 bits per heavy atom. The Hall–Kier alpha value is -4.91. The first-order chi connectivity index (χ1) is 23.4. The largest absolute Gasteiger partial charge is 0.461 e. The number of hydrogen-bond acceptors (Lipinski definition) is 8. The minimum atomic E-state index is -3.47. The number of aromatic nitrogens is 1. The summed E-state index contributed by atoms with van der Waals surface area (Å²) in [4.78, 5) is 43.4. The number of ether oxygens (including phenoxy) is 3. The lowest BCUT2D eigenvalue weighted by atomic mass is 9.70. The van der Waals surface area contributed by atoms with Crippen molar-refractivity contribution in [1.82, 2.24) is 15.2 Å². The van der Waals surface area contributed by atoms with E-state index >= 15 is 4.39 Å². The fourth-order valence-corrected chi connectivity index (χ4v) is 7.61. The molecule has 0 radical (unpaired) electrons. The summed E-state index contributed by atoms with van der Waals surface area (Å²) in [5.74, 6) is -1.67. The van der Waals surface area contributed by atoms with Crippen molar-refractivity contribution in [3.63, 3.8) is 0 Å². The van der Waals surface area contributed by atoms with Gasteiger partial charge in [-0.3, -0.25) is 4.90 Å². The maximum atomic E-state index is 15.2. The number of halogens is 1. The molecule has 1 spiro atoms. The van der Waals surface area contributed by atoms with Crippen molar-refractivity contribution in [2.75, 3.05) is 26.0 Å². The average molecular weight is 692 g/mol. The molecule has 13 heteroatoms. The fraction of sp³-hybridized carbons (Fsp3) is 0.361. The molecule has 6 rings (SSSR count). The quantitative estimate of drug-likeness (QED) is 0.138. The lowest BCUT2D eigenvalue weighted by Crippen LogP contribution is -2.50. The van der Waals surface area contributed by atoms with Crippen molar-refractivity contribution in [2.24, 2.45) is 5.92 Å². The molecule has 1 aromatic heterocycles. The summed E-state index contributed by atoms with van der Waals surface area (Å²) in [5.41, 5.74) is 2.44. The van der Waals surface area contributed by atoms with E-state index in [2.05, 4.69) is 10.3 Å². The minimum Gasteiger partial charge on any atom is -0.461 e. The van der Waals surface area contributed by atoms with Crippen LogP contribution in [-0.2, 0) is 36.4 Å². The summed E-state index contributed by atoms with van der Waals surface area (Å²) in [6.07, 6.45) is 1.25. The van der Waals surface area contributed by atoms with Crippen molar-refractivity contribution in [3.8, 4) is 11.1 Å². The molecule has 1 aliphatic heterocycles. The minimum absolute atomic E-state index is 0.0246. The monoisotopic (exact) mass is 691 g/mol. The predicted molar refractivity (Wildman–Crippen MR) is 180 cm³/mol. The summed E-state index contributed by atoms with van der Waals surface area (Å²) in [6, 6.07) is 18.6. The molecule has 2 aliphatic rings. The van der Waals surface area contributed by atoms with E-state index in [1.54, 1.807) is 30.0 Å². The van der Waals surface area contributed by atoms with Gasteiger partial charge in [-0.1, -0.05) is 60.7 Å². The van der Waals surface area contributed by atoms with Crippen molar-refractivity contribution < 1.29 is 41.4 Å². The van der Waals surface area contributed by atoms with E-state index in [1.165, 1.54) is 12.1 Å². The summed E-state index contributed by atoms with van der Waals surface area (Å²) < 4.78 is 55.3. The van der Waals surface area contributed by atoms with Crippen LogP contribution in [0.4, 0.5) is 14.0 Å². The number of H-pyrrole nitrogens is 1. The van der Waals surface area contributed by atoms with Crippen molar-refractivity contribution >= 4 is 38.9 Å². The highest BCUT2D eigenvalue weighted by atomic mass is 32.2. The zero-order chi connectivity index (χ0) is 34.9. The first kappa shape index (κ1) is 34.0. The normalized spacial score (nSPS) is 19.4. The van der Waals surface area contributed by atoms with Crippen LogP contribution >= 0.6 is 0 Å². The summed E-state index contributed by atoms with van der Waals surface area (Å²) in [5, 5.41) is 3.41. The molecule has 2 fully saturated rings. The molecule has 2 N–H and O–H groups in total. The summed E-state index contributed by atoms with van der Waals surface area (Å²) in [6.45, 7) is 4.60. The van der Waals surface area contributed by atoms with Gasteiger partial charge in [0, 0.05) is 29.3 Å². The number of rotatable bonds is 11. The van der Waals surface area contributed by atoms with Crippen LogP contribution in [0.25, 0.3) is 22.0 Å². The standard InChI is InChI=1S/C36H38FN3O8S/c1-4-46-33(41)32-30(25-13-14-26(29(37)15-25)20-49(3,44)45)28-12-8-11-27(31(28)39-32)22(2)40-21-36(48-35(40)43)16-24(17-36)18-38-34(42)47-19-23-9-6-5-7-10-23/h5-15,22,24,39H,4,16-21H2,1-3H3,(H,38,42)/t22-,24?,36?/m0/s1. The number of amides is 2. The second kappa shape index (κ2) is 13.5. The number of sulfone groups is 1. The maximum absolute atomic E-state index is 15.2. The van der Waals surface area contributed by atoms with Gasteiger partial charge < -0.3 is 24.5 Å². The highest BCUT2D eigenvalue weighted by Crippen LogP contribution is 2.47. The van der Waals surface area contributed by atoms with Crippen LogP contribution < -0.4 is 5.32 Å². The zero-order valence-corrected chi connectivity index (χ0v) is 28.3. The third-order valence-corrected chi connectivity index (χ3v) is 9.92. The van der Waals surface area contributed by atoms with Gasteiger partial charge in [0.25, 0.3) is 0 Å². The second-order valence-electron chi connectivity index (χ2n) is 12.8. The van der Waals surface area contributed by atoms with Crippen LogP contribution in [0.1, 0.15) is 59.9 Å². The SMILES string of the molecule is CCOC(=O)c1[nH]c2c([C@H](C)N3CC4(CC(CNC(=O)OCc5ccccc5)C4)OC3=O)cccc2c1-c1ccc(CS(C)(=O)=O)c(F)c1. The summed E-state index contributed by atoms with van der Waals surface area (Å²) in [7, 11) is -3.47. The van der Waals surface area contributed by atoms with Gasteiger partial charge >= 0.3 is 18.2 Å². The van der Waals surface area contributed by atoms with Crippen molar-refractivity contribution in [1.29, 1.82) is 0 Å². The Kier molecular flexibility index (Phi) is 9.39. The van der Waals surface area contributed by atoms with E-state index in [9.17, 15) is 22.8 Å². The number of carbonyl (C=O) groups excluding carboxylic acids is 3. The van der Waals surface area contributed by atoms with Gasteiger partial charge in [-0.25, -0.2) is 27.2 Å². The number of nitrogens with zero attached hydrogens (tertiary/aromatic N) is 1. The van der Waals surface area contributed by atoms with E-state index in [4.69, 9.17) is 14.2 Å². The number of esters is 1. The molecule has 2 amide bonds. The predicted octanol–water partition coefficient (Wildman–Crippen LogP) is 6.28. The third-order valence-electron chi connectivity index (χ3n) is 9.09. The van der Waals surface area contributed by atoms with Crippen LogP contribution in [0.5, 0.6) is 0 Å².